The van der Waals surface area contributed by atoms with Crippen molar-refractivity contribution in [2.75, 3.05) is 18.4 Å². The largest absolute Gasteiger partial charge is 0.330 e. The van der Waals surface area contributed by atoms with Gasteiger partial charge in [0.2, 0.25) is 5.91 Å². The number of nitrogens with one attached hydrogen (secondary N) is 1. The summed E-state index contributed by atoms with van der Waals surface area (Å²) >= 11 is 6.01. The maximum Gasteiger partial charge on any atom is 0.228 e. The summed E-state index contributed by atoms with van der Waals surface area (Å²) in [5.41, 5.74) is 2.90. The highest BCUT2D eigenvalue weighted by Gasteiger charge is 2.26. The van der Waals surface area contributed by atoms with Gasteiger partial charge in [-0.2, -0.15) is 0 Å². The fourth-order valence-electron chi connectivity index (χ4n) is 3.76. The van der Waals surface area contributed by atoms with Crippen LogP contribution in [-0.2, 0) is 18.4 Å². The van der Waals surface area contributed by atoms with Crippen LogP contribution in [-0.4, -0.2) is 33.4 Å². The number of carbonyl (C=O) groups is 1. The number of piperidine rings is 1. The fourth-order valence-corrected chi connectivity index (χ4v) is 3.95. The summed E-state index contributed by atoms with van der Waals surface area (Å²) in [5, 5.41) is 3.62. The highest BCUT2D eigenvalue weighted by molar-refractivity contribution is 6.30. The van der Waals surface area contributed by atoms with E-state index in [1.807, 2.05) is 30.3 Å². The van der Waals surface area contributed by atoms with E-state index in [0.29, 0.717) is 5.02 Å². The van der Waals surface area contributed by atoms with Crippen LogP contribution in [0.15, 0.2) is 48.5 Å². The topological polar surface area (TPSA) is 50.2 Å². The van der Waals surface area contributed by atoms with Gasteiger partial charge in [-0.05, 0) is 49.7 Å². The molecule has 1 atom stereocenters. The molecule has 4 rings (SSSR count). The second-order valence-electron chi connectivity index (χ2n) is 7.15. The van der Waals surface area contributed by atoms with Crippen LogP contribution in [0.5, 0.6) is 0 Å². The number of para-hydroxylation sites is 2. The third-order valence-electron chi connectivity index (χ3n) is 5.21. The molecule has 2 heterocycles. The van der Waals surface area contributed by atoms with Gasteiger partial charge in [-0.15, -0.1) is 0 Å². The number of nitrogens with zero attached hydrogens (tertiary/aromatic N) is 3. The Morgan fingerprint density at radius 1 is 1.26 bits per heavy atom. The van der Waals surface area contributed by atoms with Crippen LogP contribution in [0.4, 0.5) is 5.69 Å². The summed E-state index contributed by atoms with van der Waals surface area (Å²) in [4.78, 5) is 19.8. The van der Waals surface area contributed by atoms with Crippen LogP contribution >= 0.6 is 11.6 Å². The second kappa shape index (κ2) is 7.71. The molecule has 0 unspecified atom stereocenters. The van der Waals surface area contributed by atoms with E-state index >= 15 is 0 Å². The molecule has 1 N–H and O–H groups in total. The van der Waals surface area contributed by atoms with Crippen LogP contribution in [0, 0.1) is 5.92 Å². The number of carbonyl (C=O) groups excluding carboxylic acids is 1. The van der Waals surface area contributed by atoms with Crippen LogP contribution in [0.2, 0.25) is 5.02 Å². The van der Waals surface area contributed by atoms with Gasteiger partial charge in [0.05, 0.1) is 23.5 Å². The quantitative estimate of drug-likeness (QED) is 0.739. The number of anilines is 1. The number of imidazole rings is 1. The number of benzene rings is 2. The number of rotatable bonds is 4. The lowest BCUT2D eigenvalue weighted by Gasteiger charge is -2.31. The summed E-state index contributed by atoms with van der Waals surface area (Å²) in [5.74, 6) is 1.08. The third-order valence-corrected chi connectivity index (χ3v) is 5.45. The molecule has 0 aliphatic carbocycles. The van der Waals surface area contributed by atoms with Gasteiger partial charge >= 0.3 is 0 Å². The van der Waals surface area contributed by atoms with E-state index in [2.05, 4.69) is 27.9 Å². The average molecular weight is 383 g/mol. The number of hydrogen-bond acceptors (Lipinski definition) is 3. The monoisotopic (exact) mass is 382 g/mol. The lowest BCUT2D eigenvalue weighted by Crippen LogP contribution is -2.40. The Balaban J connectivity index is 1.43. The van der Waals surface area contributed by atoms with Crippen molar-refractivity contribution < 1.29 is 4.79 Å². The van der Waals surface area contributed by atoms with Crippen LogP contribution < -0.4 is 5.32 Å². The molecule has 5 nitrogen and oxygen atoms in total. The Labute approximate surface area is 163 Å². The molecule has 1 saturated heterocycles. The zero-order valence-electron chi connectivity index (χ0n) is 15.4. The first-order valence-electron chi connectivity index (χ1n) is 9.29. The molecule has 6 heteroatoms. The first-order valence-corrected chi connectivity index (χ1v) is 9.67. The molecule has 1 aromatic heterocycles. The van der Waals surface area contributed by atoms with E-state index in [9.17, 15) is 4.79 Å². The van der Waals surface area contributed by atoms with E-state index in [-0.39, 0.29) is 11.8 Å². The smallest absolute Gasteiger partial charge is 0.228 e. The van der Waals surface area contributed by atoms with Crippen molar-refractivity contribution in [1.82, 2.24) is 14.5 Å². The molecule has 0 spiro atoms. The third kappa shape index (κ3) is 3.99. The van der Waals surface area contributed by atoms with Crippen LogP contribution in [0.25, 0.3) is 11.0 Å². The summed E-state index contributed by atoms with van der Waals surface area (Å²) in [6.45, 7) is 2.49. The van der Waals surface area contributed by atoms with Crippen LogP contribution in [0.1, 0.15) is 18.7 Å². The number of aryl methyl sites for hydroxylation is 1. The SMILES string of the molecule is Cn1c(CN2CCC[C@H](C(=O)Nc3cccc(Cl)c3)C2)nc2ccccc21. The Morgan fingerprint density at radius 2 is 2.11 bits per heavy atom. The number of likely N-dealkylation sites (tertiary alicyclic amines) is 1. The van der Waals surface area contributed by atoms with Crippen molar-refractivity contribution >= 4 is 34.2 Å². The molecule has 140 valence electrons. The molecule has 3 aromatic rings. The van der Waals surface area contributed by atoms with E-state index in [1.54, 1.807) is 12.1 Å². The zero-order valence-corrected chi connectivity index (χ0v) is 16.1. The molecule has 2 aromatic carbocycles. The molecule has 0 radical (unpaired) electrons. The van der Waals surface area contributed by atoms with Crippen molar-refractivity contribution in [2.45, 2.75) is 19.4 Å². The maximum atomic E-state index is 12.7. The lowest BCUT2D eigenvalue weighted by molar-refractivity contribution is -0.121. The number of halogens is 1. The molecule has 1 aliphatic heterocycles. The molecule has 0 saturated carbocycles. The lowest BCUT2D eigenvalue weighted by atomic mass is 9.97. The Hall–Kier alpha value is -2.37. The minimum absolute atomic E-state index is 0.0209. The first kappa shape index (κ1) is 18.0. The van der Waals surface area contributed by atoms with E-state index in [1.165, 1.54) is 0 Å². The van der Waals surface area contributed by atoms with Gasteiger partial charge in [0.25, 0.3) is 0 Å². The molecule has 27 heavy (non-hydrogen) atoms. The fraction of sp³-hybridized carbons (Fsp3) is 0.333. The molecule has 1 amide bonds. The zero-order chi connectivity index (χ0) is 18.8. The Kier molecular flexibility index (Phi) is 5.14. The van der Waals surface area contributed by atoms with E-state index < -0.39 is 0 Å². The van der Waals surface area contributed by atoms with Gasteiger partial charge in [-0.1, -0.05) is 29.8 Å². The minimum Gasteiger partial charge on any atom is -0.330 e. The van der Waals surface area contributed by atoms with E-state index in [0.717, 1.165) is 55.0 Å². The maximum absolute atomic E-state index is 12.7. The molecular formula is C21H23ClN4O. The van der Waals surface area contributed by atoms with Crippen LogP contribution in [0.3, 0.4) is 0 Å². The predicted molar refractivity (Wildman–Crippen MR) is 109 cm³/mol. The minimum atomic E-state index is -0.0209. The van der Waals surface area contributed by atoms with Gasteiger partial charge in [0, 0.05) is 24.3 Å². The highest BCUT2D eigenvalue weighted by Crippen LogP contribution is 2.22. The molecule has 1 aliphatic rings. The molecular weight excluding hydrogens is 360 g/mol. The number of aromatic nitrogens is 2. The van der Waals surface area contributed by atoms with Gasteiger partial charge < -0.3 is 9.88 Å². The second-order valence-corrected chi connectivity index (χ2v) is 7.59. The normalized spacial score (nSPS) is 17.9. The highest BCUT2D eigenvalue weighted by atomic mass is 35.5. The van der Waals surface area contributed by atoms with Gasteiger partial charge in [0.1, 0.15) is 5.82 Å². The van der Waals surface area contributed by atoms with E-state index in [4.69, 9.17) is 16.6 Å². The summed E-state index contributed by atoms with van der Waals surface area (Å²) in [7, 11) is 2.05. The van der Waals surface area contributed by atoms with Gasteiger partial charge in [-0.25, -0.2) is 4.98 Å². The Bertz CT molecular complexity index is 968. The molecule has 1 fully saturated rings. The van der Waals surface area contributed by atoms with Crippen molar-refractivity contribution in [3.8, 4) is 0 Å². The van der Waals surface area contributed by atoms with Gasteiger partial charge in [-0.3, -0.25) is 9.69 Å². The first-order chi connectivity index (χ1) is 13.1. The predicted octanol–water partition coefficient (Wildman–Crippen LogP) is 4.08. The van der Waals surface area contributed by atoms with Crippen molar-refractivity contribution in [3.05, 3.63) is 59.4 Å². The summed E-state index contributed by atoms with van der Waals surface area (Å²) < 4.78 is 2.14. The van der Waals surface area contributed by atoms with Gasteiger partial charge in [0.15, 0.2) is 0 Å². The average Bonchev–Trinajstić information content (AvgIpc) is 2.98. The Morgan fingerprint density at radius 3 is 2.93 bits per heavy atom. The molecule has 0 bridgehead atoms. The summed E-state index contributed by atoms with van der Waals surface area (Å²) in [6.07, 6.45) is 1.92. The number of amides is 1. The van der Waals surface area contributed by atoms with Crippen molar-refractivity contribution in [2.24, 2.45) is 13.0 Å². The standard InChI is InChI=1S/C21H23ClN4O/c1-25-19-10-3-2-9-18(19)24-20(25)14-26-11-5-6-15(13-26)21(27)23-17-8-4-7-16(22)12-17/h2-4,7-10,12,15H,5-6,11,13-14H2,1H3,(H,23,27)/t15-/m0/s1. The number of fused-ring (bicyclic) bond motifs is 1. The van der Waals surface area contributed by atoms with Crippen molar-refractivity contribution in [1.29, 1.82) is 0 Å². The number of hydrogen-bond donors (Lipinski definition) is 1. The van der Waals surface area contributed by atoms with Crippen molar-refractivity contribution in [3.63, 3.8) is 0 Å². The summed E-state index contributed by atoms with van der Waals surface area (Å²) in [6, 6.07) is 15.5.